The number of rotatable bonds is 6. The minimum absolute atomic E-state index is 0.103. The van der Waals surface area contributed by atoms with E-state index in [2.05, 4.69) is 10.5 Å². The molecule has 0 saturated carbocycles. The van der Waals surface area contributed by atoms with Gasteiger partial charge in [0.05, 0.1) is 6.42 Å². The van der Waals surface area contributed by atoms with Crippen LogP contribution >= 0.6 is 11.6 Å². The predicted molar refractivity (Wildman–Crippen MR) is 70.8 cm³/mol. The maximum Gasteiger partial charge on any atom is 0.224 e. The molecule has 0 aliphatic carbocycles. The maximum absolute atomic E-state index is 13.4. The first kappa shape index (κ1) is 15.2. The average molecular weight is 288 g/mol. The molecule has 7 heteroatoms. The fraction of sp³-hybridized carbons (Fsp3) is 0.333. The number of nitrogens with two attached hydrogens (primary N) is 1. The van der Waals surface area contributed by atoms with Gasteiger partial charge in [0.1, 0.15) is 11.7 Å². The Hall–Kier alpha value is -1.82. The molecular weight excluding hydrogens is 273 g/mol. The number of nitrogens with zero attached hydrogens (tertiary/aromatic N) is 1. The van der Waals surface area contributed by atoms with Crippen LogP contribution in [0.15, 0.2) is 23.4 Å². The number of benzene rings is 1. The van der Waals surface area contributed by atoms with Crippen molar-refractivity contribution >= 4 is 23.3 Å². The van der Waals surface area contributed by atoms with Crippen LogP contribution in [0.3, 0.4) is 0 Å². The van der Waals surface area contributed by atoms with Crippen molar-refractivity contribution in [2.24, 2.45) is 10.9 Å². The van der Waals surface area contributed by atoms with Crippen LogP contribution in [-0.4, -0.2) is 23.5 Å². The Kier molecular flexibility index (Phi) is 6.08. The molecule has 0 radical (unpaired) electrons. The zero-order valence-electron chi connectivity index (χ0n) is 10.2. The molecule has 0 fully saturated rings. The molecule has 104 valence electrons. The summed E-state index contributed by atoms with van der Waals surface area (Å²) in [6.45, 7) is 0.362. The number of halogens is 2. The van der Waals surface area contributed by atoms with E-state index in [1.165, 1.54) is 18.2 Å². The predicted octanol–water partition coefficient (Wildman–Crippen LogP) is 1.66. The highest BCUT2D eigenvalue weighted by molar-refractivity contribution is 6.31. The summed E-state index contributed by atoms with van der Waals surface area (Å²) in [5.74, 6) is -0.725. The zero-order valence-corrected chi connectivity index (χ0v) is 11.0. The standard InChI is InChI=1S/C12H15ClFN3O2/c13-9-3-1-4-10(14)8(9)7-12(18)16-6-2-5-11(15)17-19/h1,3-4,19H,2,5-7H2,(H2,15,17)(H,16,18). The maximum atomic E-state index is 13.4. The molecule has 0 atom stereocenters. The van der Waals surface area contributed by atoms with Gasteiger partial charge in [0.2, 0.25) is 5.91 Å². The summed E-state index contributed by atoms with van der Waals surface area (Å²) in [6, 6.07) is 4.27. The molecule has 0 unspecified atom stereocenters. The van der Waals surface area contributed by atoms with Crippen LogP contribution in [0.25, 0.3) is 0 Å². The molecule has 0 aliphatic heterocycles. The normalized spacial score (nSPS) is 11.4. The Morgan fingerprint density at radius 3 is 2.89 bits per heavy atom. The van der Waals surface area contributed by atoms with Gasteiger partial charge in [-0.1, -0.05) is 22.8 Å². The minimum atomic E-state index is -0.501. The largest absolute Gasteiger partial charge is 0.409 e. The number of oxime groups is 1. The van der Waals surface area contributed by atoms with Crippen molar-refractivity contribution < 1.29 is 14.4 Å². The summed E-state index contributed by atoms with van der Waals surface area (Å²) in [7, 11) is 0. The van der Waals surface area contributed by atoms with Crippen LogP contribution in [0.5, 0.6) is 0 Å². The van der Waals surface area contributed by atoms with E-state index in [1.807, 2.05) is 0 Å². The summed E-state index contributed by atoms with van der Waals surface area (Å²) < 4.78 is 13.4. The summed E-state index contributed by atoms with van der Waals surface area (Å²) >= 11 is 5.82. The van der Waals surface area contributed by atoms with Crippen molar-refractivity contribution in [2.75, 3.05) is 6.54 Å². The summed E-state index contributed by atoms with van der Waals surface area (Å²) in [5.41, 5.74) is 5.45. The Balaban J connectivity index is 2.40. The number of hydrogen-bond acceptors (Lipinski definition) is 3. The first-order chi connectivity index (χ1) is 9.04. The molecule has 1 rings (SSSR count). The minimum Gasteiger partial charge on any atom is -0.409 e. The molecule has 4 N–H and O–H groups in total. The number of amidine groups is 1. The van der Waals surface area contributed by atoms with E-state index >= 15 is 0 Å². The van der Waals surface area contributed by atoms with E-state index in [4.69, 9.17) is 22.5 Å². The molecular formula is C12H15ClFN3O2. The SMILES string of the molecule is NC(CCCNC(=O)Cc1c(F)cccc1Cl)=NO. The Morgan fingerprint density at radius 1 is 1.53 bits per heavy atom. The zero-order chi connectivity index (χ0) is 14.3. The average Bonchev–Trinajstić information content (AvgIpc) is 2.39. The first-order valence-corrected chi connectivity index (χ1v) is 6.08. The van der Waals surface area contributed by atoms with E-state index in [9.17, 15) is 9.18 Å². The van der Waals surface area contributed by atoms with Crippen LogP contribution in [0.1, 0.15) is 18.4 Å². The molecule has 0 heterocycles. The van der Waals surface area contributed by atoms with Gasteiger partial charge in [-0.2, -0.15) is 0 Å². The highest BCUT2D eigenvalue weighted by atomic mass is 35.5. The number of amides is 1. The van der Waals surface area contributed by atoms with E-state index in [-0.39, 0.29) is 28.7 Å². The molecule has 1 amide bonds. The Bertz CT molecular complexity index is 460. The van der Waals surface area contributed by atoms with Crippen LogP contribution in [0.4, 0.5) is 4.39 Å². The van der Waals surface area contributed by atoms with Gasteiger partial charge in [-0.3, -0.25) is 4.79 Å². The molecule has 0 aliphatic rings. The fourth-order valence-electron chi connectivity index (χ4n) is 1.47. The van der Waals surface area contributed by atoms with Crippen LogP contribution in [-0.2, 0) is 11.2 Å². The monoisotopic (exact) mass is 287 g/mol. The molecule has 1 aromatic carbocycles. The summed E-state index contributed by atoms with van der Waals surface area (Å²) in [5, 5.41) is 14.0. The fourth-order valence-corrected chi connectivity index (χ4v) is 1.70. The Labute approximate surface area is 115 Å². The van der Waals surface area contributed by atoms with Crippen molar-refractivity contribution in [1.82, 2.24) is 5.32 Å². The van der Waals surface area contributed by atoms with E-state index in [0.717, 1.165) is 0 Å². The van der Waals surface area contributed by atoms with Gasteiger partial charge in [-0.05, 0) is 18.6 Å². The lowest BCUT2D eigenvalue weighted by Gasteiger charge is -2.07. The summed E-state index contributed by atoms with van der Waals surface area (Å²) in [4.78, 5) is 11.6. The van der Waals surface area contributed by atoms with Crippen LogP contribution in [0.2, 0.25) is 5.02 Å². The third-order valence-corrected chi connectivity index (χ3v) is 2.81. The van der Waals surface area contributed by atoms with E-state index < -0.39 is 5.82 Å². The van der Waals surface area contributed by atoms with Gasteiger partial charge in [-0.15, -0.1) is 0 Å². The quantitative estimate of drug-likeness (QED) is 0.244. The van der Waals surface area contributed by atoms with Crippen molar-refractivity contribution in [3.05, 3.63) is 34.6 Å². The molecule has 0 spiro atoms. The highest BCUT2D eigenvalue weighted by Crippen LogP contribution is 2.19. The smallest absolute Gasteiger partial charge is 0.224 e. The highest BCUT2D eigenvalue weighted by Gasteiger charge is 2.11. The third-order valence-electron chi connectivity index (χ3n) is 2.46. The molecule has 0 aromatic heterocycles. The lowest BCUT2D eigenvalue weighted by molar-refractivity contribution is -0.120. The second-order valence-electron chi connectivity index (χ2n) is 3.92. The van der Waals surface area contributed by atoms with Gasteiger partial charge in [-0.25, -0.2) is 4.39 Å². The number of hydrogen-bond donors (Lipinski definition) is 3. The van der Waals surface area contributed by atoms with Crippen molar-refractivity contribution in [2.45, 2.75) is 19.3 Å². The van der Waals surface area contributed by atoms with Gasteiger partial charge >= 0.3 is 0 Å². The molecule has 19 heavy (non-hydrogen) atoms. The Morgan fingerprint density at radius 2 is 2.26 bits per heavy atom. The van der Waals surface area contributed by atoms with E-state index in [1.54, 1.807) is 0 Å². The second-order valence-corrected chi connectivity index (χ2v) is 4.33. The molecule has 5 nitrogen and oxygen atoms in total. The molecule has 0 saturated heterocycles. The van der Waals surface area contributed by atoms with Crippen molar-refractivity contribution in [1.29, 1.82) is 0 Å². The lowest BCUT2D eigenvalue weighted by atomic mass is 10.1. The van der Waals surface area contributed by atoms with Crippen molar-refractivity contribution in [3.8, 4) is 0 Å². The number of carbonyl (C=O) groups excluding carboxylic acids is 1. The number of nitrogens with one attached hydrogen (secondary N) is 1. The second kappa shape index (κ2) is 7.58. The van der Waals surface area contributed by atoms with Crippen LogP contribution < -0.4 is 11.1 Å². The molecule has 0 bridgehead atoms. The first-order valence-electron chi connectivity index (χ1n) is 5.70. The third kappa shape index (κ3) is 5.13. The number of carbonyl (C=O) groups is 1. The van der Waals surface area contributed by atoms with E-state index in [0.29, 0.717) is 19.4 Å². The topological polar surface area (TPSA) is 87.7 Å². The summed E-state index contributed by atoms with van der Waals surface area (Å²) in [6.07, 6.45) is 0.791. The van der Waals surface area contributed by atoms with Gasteiger partial charge in [0.15, 0.2) is 0 Å². The van der Waals surface area contributed by atoms with Crippen LogP contribution in [0, 0.1) is 5.82 Å². The molecule has 1 aromatic rings. The van der Waals surface area contributed by atoms with Gasteiger partial charge in [0, 0.05) is 23.6 Å². The van der Waals surface area contributed by atoms with Crippen molar-refractivity contribution in [3.63, 3.8) is 0 Å². The lowest BCUT2D eigenvalue weighted by Crippen LogP contribution is -2.27. The van der Waals surface area contributed by atoms with Gasteiger partial charge in [0.25, 0.3) is 0 Å². The van der Waals surface area contributed by atoms with Gasteiger partial charge < -0.3 is 16.3 Å².